The summed E-state index contributed by atoms with van der Waals surface area (Å²) in [6.07, 6.45) is 4.83. The van der Waals surface area contributed by atoms with E-state index in [9.17, 15) is 4.39 Å². The Balaban J connectivity index is 1.98. The third-order valence-electron chi connectivity index (χ3n) is 4.53. The van der Waals surface area contributed by atoms with Gasteiger partial charge in [0.15, 0.2) is 0 Å². The SMILES string of the molecule is CN(Cc1ccc(C#N)cc1F)C1CCC(C)(C)CC1. The summed E-state index contributed by atoms with van der Waals surface area (Å²) in [5, 5.41) is 8.76. The second-order valence-electron chi connectivity index (χ2n) is 6.73. The summed E-state index contributed by atoms with van der Waals surface area (Å²) in [6, 6.07) is 7.26. The van der Waals surface area contributed by atoms with Crippen LogP contribution in [-0.2, 0) is 6.54 Å². The zero-order valence-electron chi connectivity index (χ0n) is 12.6. The molecule has 0 N–H and O–H groups in total. The first-order valence-electron chi connectivity index (χ1n) is 7.30. The summed E-state index contributed by atoms with van der Waals surface area (Å²) < 4.78 is 13.9. The summed E-state index contributed by atoms with van der Waals surface area (Å²) >= 11 is 0. The lowest BCUT2D eigenvalue weighted by atomic mass is 9.75. The highest BCUT2D eigenvalue weighted by molar-refractivity contribution is 5.32. The molecule has 0 aromatic heterocycles. The Labute approximate surface area is 121 Å². The third-order valence-corrected chi connectivity index (χ3v) is 4.53. The lowest BCUT2D eigenvalue weighted by molar-refractivity contribution is 0.122. The van der Waals surface area contributed by atoms with Crippen molar-refractivity contribution in [1.29, 1.82) is 5.26 Å². The van der Waals surface area contributed by atoms with Crippen LogP contribution in [0.2, 0.25) is 0 Å². The Bertz CT molecular complexity index is 506. The maximum absolute atomic E-state index is 13.9. The summed E-state index contributed by atoms with van der Waals surface area (Å²) in [6.45, 7) is 5.26. The van der Waals surface area contributed by atoms with Gasteiger partial charge in [-0.15, -0.1) is 0 Å². The topological polar surface area (TPSA) is 27.0 Å². The molecular weight excluding hydrogens is 251 g/mol. The van der Waals surface area contributed by atoms with E-state index in [0.29, 0.717) is 29.1 Å². The van der Waals surface area contributed by atoms with Crippen LogP contribution in [0.4, 0.5) is 4.39 Å². The van der Waals surface area contributed by atoms with E-state index in [4.69, 9.17) is 5.26 Å². The number of nitrogens with zero attached hydrogens (tertiary/aromatic N) is 2. The molecule has 1 aromatic carbocycles. The minimum absolute atomic E-state index is 0.271. The first kappa shape index (κ1) is 15.0. The number of rotatable bonds is 3. The summed E-state index contributed by atoms with van der Waals surface area (Å²) in [7, 11) is 2.07. The molecule has 20 heavy (non-hydrogen) atoms. The van der Waals surface area contributed by atoms with Crippen LogP contribution in [0, 0.1) is 22.6 Å². The number of hydrogen-bond donors (Lipinski definition) is 0. The van der Waals surface area contributed by atoms with E-state index in [2.05, 4.69) is 25.8 Å². The van der Waals surface area contributed by atoms with Crippen LogP contribution in [0.5, 0.6) is 0 Å². The molecule has 0 spiro atoms. The monoisotopic (exact) mass is 274 g/mol. The van der Waals surface area contributed by atoms with Gasteiger partial charge in [-0.2, -0.15) is 5.26 Å². The van der Waals surface area contributed by atoms with Crippen molar-refractivity contribution in [3.8, 4) is 6.07 Å². The highest BCUT2D eigenvalue weighted by Crippen LogP contribution is 2.36. The molecule has 0 heterocycles. The van der Waals surface area contributed by atoms with Crippen molar-refractivity contribution in [2.24, 2.45) is 5.41 Å². The first-order valence-corrected chi connectivity index (χ1v) is 7.30. The molecule has 0 radical (unpaired) electrons. The third kappa shape index (κ3) is 3.58. The molecule has 0 unspecified atom stereocenters. The molecular formula is C17H23FN2. The molecule has 2 rings (SSSR count). The van der Waals surface area contributed by atoms with E-state index in [1.165, 1.54) is 31.7 Å². The van der Waals surface area contributed by atoms with Crippen molar-refractivity contribution in [1.82, 2.24) is 4.90 Å². The zero-order chi connectivity index (χ0) is 14.8. The number of halogens is 1. The highest BCUT2D eigenvalue weighted by atomic mass is 19.1. The van der Waals surface area contributed by atoms with Gasteiger partial charge in [0.1, 0.15) is 5.82 Å². The number of benzene rings is 1. The smallest absolute Gasteiger partial charge is 0.129 e. The molecule has 2 nitrogen and oxygen atoms in total. The average Bonchev–Trinajstić information content (AvgIpc) is 2.40. The van der Waals surface area contributed by atoms with Crippen molar-refractivity contribution < 1.29 is 4.39 Å². The van der Waals surface area contributed by atoms with E-state index in [1.54, 1.807) is 12.1 Å². The van der Waals surface area contributed by atoms with E-state index < -0.39 is 0 Å². The predicted octanol–water partition coefficient (Wildman–Crippen LogP) is 4.10. The number of hydrogen-bond acceptors (Lipinski definition) is 2. The normalized spacial score (nSPS) is 19.0. The Morgan fingerprint density at radius 3 is 2.55 bits per heavy atom. The molecule has 1 aromatic rings. The van der Waals surface area contributed by atoms with Crippen molar-refractivity contribution >= 4 is 0 Å². The summed E-state index contributed by atoms with van der Waals surface area (Å²) in [5.74, 6) is -0.271. The Kier molecular flexibility index (Phi) is 4.45. The van der Waals surface area contributed by atoms with Crippen LogP contribution < -0.4 is 0 Å². The lowest BCUT2D eigenvalue weighted by Gasteiger charge is -2.38. The maximum atomic E-state index is 13.9. The fourth-order valence-corrected chi connectivity index (χ4v) is 2.97. The van der Waals surface area contributed by atoms with Gasteiger partial charge in [0.25, 0.3) is 0 Å². The zero-order valence-corrected chi connectivity index (χ0v) is 12.6. The van der Waals surface area contributed by atoms with E-state index in [0.717, 1.165) is 0 Å². The molecule has 0 aliphatic heterocycles. The number of nitriles is 1. The molecule has 1 fully saturated rings. The van der Waals surface area contributed by atoms with Crippen LogP contribution in [-0.4, -0.2) is 18.0 Å². The Morgan fingerprint density at radius 1 is 1.35 bits per heavy atom. The maximum Gasteiger partial charge on any atom is 0.129 e. The first-order chi connectivity index (χ1) is 9.41. The van der Waals surface area contributed by atoms with E-state index in [1.807, 2.05) is 6.07 Å². The van der Waals surface area contributed by atoms with Crippen LogP contribution in [0.25, 0.3) is 0 Å². The molecule has 0 amide bonds. The van der Waals surface area contributed by atoms with Gasteiger partial charge >= 0.3 is 0 Å². The van der Waals surface area contributed by atoms with Gasteiger partial charge in [-0.05, 0) is 50.3 Å². The van der Waals surface area contributed by atoms with Crippen LogP contribution >= 0.6 is 0 Å². The fourth-order valence-electron chi connectivity index (χ4n) is 2.97. The fraction of sp³-hybridized carbons (Fsp3) is 0.588. The van der Waals surface area contributed by atoms with Crippen molar-refractivity contribution in [2.45, 2.75) is 52.1 Å². The van der Waals surface area contributed by atoms with Gasteiger partial charge < -0.3 is 0 Å². The van der Waals surface area contributed by atoms with Crippen LogP contribution in [0.15, 0.2) is 18.2 Å². The Hall–Kier alpha value is -1.40. The predicted molar refractivity (Wildman–Crippen MR) is 78.6 cm³/mol. The van der Waals surface area contributed by atoms with Crippen molar-refractivity contribution in [3.63, 3.8) is 0 Å². The molecule has 0 saturated heterocycles. The second kappa shape index (κ2) is 5.93. The summed E-state index contributed by atoms with van der Waals surface area (Å²) in [4.78, 5) is 2.25. The molecule has 0 bridgehead atoms. The lowest BCUT2D eigenvalue weighted by Crippen LogP contribution is -2.36. The quantitative estimate of drug-likeness (QED) is 0.829. The minimum atomic E-state index is -0.271. The molecule has 3 heteroatoms. The van der Waals surface area contributed by atoms with Crippen molar-refractivity contribution in [2.75, 3.05) is 7.05 Å². The highest BCUT2D eigenvalue weighted by Gasteiger charge is 2.28. The van der Waals surface area contributed by atoms with Gasteiger partial charge in [-0.25, -0.2) is 4.39 Å². The Morgan fingerprint density at radius 2 is 2.00 bits per heavy atom. The van der Waals surface area contributed by atoms with Gasteiger partial charge in [-0.1, -0.05) is 19.9 Å². The van der Waals surface area contributed by atoms with Gasteiger partial charge in [0.2, 0.25) is 0 Å². The van der Waals surface area contributed by atoms with E-state index >= 15 is 0 Å². The summed E-state index contributed by atoms with van der Waals surface area (Å²) in [5.41, 5.74) is 1.52. The average molecular weight is 274 g/mol. The van der Waals surface area contributed by atoms with Gasteiger partial charge in [-0.3, -0.25) is 4.90 Å². The molecule has 1 aliphatic rings. The van der Waals surface area contributed by atoms with Crippen LogP contribution in [0.3, 0.4) is 0 Å². The van der Waals surface area contributed by atoms with Gasteiger partial charge in [0.05, 0.1) is 11.6 Å². The van der Waals surface area contributed by atoms with Gasteiger partial charge in [0, 0.05) is 18.2 Å². The largest absolute Gasteiger partial charge is 0.299 e. The molecule has 1 saturated carbocycles. The second-order valence-corrected chi connectivity index (χ2v) is 6.73. The standard InChI is InChI=1S/C17H23FN2/c1-17(2)8-6-15(7-9-17)20(3)12-14-5-4-13(11-19)10-16(14)18/h4-5,10,15H,6-9,12H2,1-3H3. The molecule has 1 aliphatic carbocycles. The van der Waals surface area contributed by atoms with Crippen molar-refractivity contribution in [3.05, 3.63) is 35.1 Å². The molecule has 108 valence electrons. The minimum Gasteiger partial charge on any atom is -0.299 e. The van der Waals surface area contributed by atoms with E-state index in [-0.39, 0.29) is 5.82 Å². The molecule has 0 atom stereocenters. The van der Waals surface area contributed by atoms with Crippen LogP contribution in [0.1, 0.15) is 50.7 Å².